The Morgan fingerprint density at radius 3 is 2.50 bits per heavy atom. The third kappa shape index (κ3) is 3.70. The number of pyridine rings is 1. The normalized spacial score (nSPS) is 10.8. The highest BCUT2D eigenvalue weighted by molar-refractivity contribution is 6.35. The second kappa shape index (κ2) is 7.58. The van der Waals surface area contributed by atoms with Crippen LogP contribution in [0.25, 0.3) is 22.0 Å². The summed E-state index contributed by atoms with van der Waals surface area (Å²) in [6, 6.07) is 18.0. The molecule has 1 amide bonds. The van der Waals surface area contributed by atoms with E-state index < -0.39 is 5.82 Å². The van der Waals surface area contributed by atoms with Crippen molar-refractivity contribution >= 4 is 45.7 Å². The van der Waals surface area contributed by atoms with Gasteiger partial charge in [-0.05, 0) is 60.2 Å². The number of carbonyl (C=O) groups excluding carboxylic acids is 1. The van der Waals surface area contributed by atoms with Crippen LogP contribution < -0.4 is 5.32 Å². The van der Waals surface area contributed by atoms with Gasteiger partial charge in [-0.1, -0.05) is 35.3 Å². The quantitative estimate of drug-likeness (QED) is 0.413. The summed E-state index contributed by atoms with van der Waals surface area (Å²) in [6.07, 6.45) is 1.67. The Labute approximate surface area is 170 Å². The van der Waals surface area contributed by atoms with Gasteiger partial charge in [0, 0.05) is 38.4 Å². The van der Waals surface area contributed by atoms with Gasteiger partial charge in [0.05, 0.1) is 5.52 Å². The summed E-state index contributed by atoms with van der Waals surface area (Å²) in [6.45, 7) is 0. The molecule has 0 spiro atoms. The van der Waals surface area contributed by atoms with Gasteiger partial charge in [-0.3, -0.25) is 9.78 Å². The molecule has 1 N–H and O–H groups in total. The van der Waals surface area contributed by atoms with Crippen LogP contribution in [0.1, 0.15) is 10.4 Å². The fraction of sp³-hybridized carbons (Fsp3) is 0. The van der Waals surface area contributed by atoms with Gasteiger partial charge in [-0.2, -0.15) is 0 Å². The van der Waals surface area contributed by atoms with E-state index in [1.54, 1.807) is 42.6 Å². The van der Waals surface area contributed by atoms with E-state index in [-0.39, 0.29) is 5.91 Å². The second-order valence-electron chi connectivity index (χ2n) is 6.18. The van der Waals surface area contributed by atoms with Crippen molar-refractivity contribution in [1.82, 2.24) is 4.98 Å². The number of benzene rings is 3. The lowest BCUT2D eigenvalue weighted by molar-refractivity contribution is 0.102. The summed E-state index contributed by atoms with van der Waals surface area (Å²) in [5.41, 5.74) is 2.73. The highest BCUT2D eigenvalue weighted by atomic mass is 35.5. The lowest BCUT2D eigenvalue weighted by Gasteiger charge is -2.13. The number of hydrogen-bond acceptors (Lipinski definition) is 2. The number of hydrogen-bond donors (Lipinski definition) is 1. The molecule has 0 atom stereocenters. The Bertz CT molecular complexity index is 1180. The first-order valence-corrected chi connectivity index (χ1v) is 9.18. The molecule has 0 saturated carbocycles. The summed E-state index contributed by atoms with van der Waals surface area (Å²) >= 11 is 12.2. The van der Waals surface area contributed by atoms with Crippen molar-refractivity contribution in [3.63, 3.8) is 0 Å². The highest BCUT2D eigenvalue weighted by Crippen LogP contribution is 2.33. The number of nitrogens with zero attached hydrogens (tertiary/aromatic N) is 1. The zero-order valence-electron chi connectivity index (χ0n) is 14.4. The van der Waals surface area contributed by atoms with Crippen LogP contribution in [0.3, 0.4) is 0 Å². The molecule has 0 unspecified atom stereocenters. The predicted octanol–water partition coefficient (Wildman–Crippen LogP) is 6.60. The van der Waals surface area contributed by atoms with Crippen LogP contribution in [0.15, 0.2) is 72.9 Å². The van der Waals surface area contributed by atoms with Gasteiger partial charge >= 0.3 is 0 Å². The van der Waals surface area contributed by atoms with Gasteiger partial charge in [-0.15, -0.1) is 0 Å². The van der Waals surface area contributed by atoms with E-state index in [9.17, 15) is 9.18 Å². The third-order valence-corrected chi connectivity index (χ3v) is 4.73. The molecule has 4 aromatic rings. The molecule has 4 rings (SSSR count). The predicted molar refractivity (Wildman–Crippen MR) is 112 cm³/mol. The topological polar surface area (TPSA) is 42.0 Å². The molecule has 0 bridgehead atoms. The van der Waals surface area contributed by atoms with E-state index in [0.29, 0.717) is 32.4 Å². The van der Waals surface area contributed by atoms with Gasteiger partial charge < -0.3 is 5.32 Å². The van der Waals surface area contributed by atoms with Crippen molar-refractivity contribution < 1.29 is 9.18 Å². The molecule has 138 valence electrons. The molecule has 6 heteroatoms. The van der Waals surface area contributed by atoms with Crippen LogP contribution in [-0.4, -0.2) is 10.9 Å². The van der Waals surface area contributed by atoms with E-state index in [4.69, 9.17) is 23.2 Å². The summed E-state index contributed by atoms with van der Waals surface area (Å²) in [4.78, 5) is 17.2. The Kier molecular flexibility index (Phi) is 4.99. The Morgan fingerprint density at radius 1 is 0.929 bits per heavy atom. The van der Waals surface area contributed by atoms with E-state index >= 15 is 0 Å². The van der Waals surface area contributed by atoms with Crippen LogP contribution in [0, 0.1) is 5.82 Å². The Morgan fingerprint density at radius 2 is 1.71 bits per heavy atom. The maximum Gasteiger partial charge on any atom is 0.256 e. The Hall–Kier alpha value is -2.95. The summed E-state index contributed by atoms with van der Waals surface area (Å²) in [5.74, 6) is -0.752. The van der Waals surface area contributed by atoms with Crippen molar-refractivity contribution in [3.8, 4) is 11.1 Å². The molecular formula is C22H13Cl2FN2O. The molecule has 0 aliphatic heterocycles. The molecule has 3 aromatic carbocycles. The lowest BCUT2D eigenvalue weighted by Crippen LogP contribution is -2.13. The molecule has 0 saturated heterocycles. The molecule has 0 fully saturated rings. The van der Waals surface area contributed by atoms with Crippen molar-refractivity contribution in [3.05, 3.63) is 94.4 Å². The minimum Gasteiger partial charge on any atom is -0.321 e. The standard InChI is InChI=1S/C22H13Cl2FN2O/c23-14-9-13(10-15(24)11-14)19-12-16(25)6-7-21(19)27-22(28)18-3-1-5-20-17(18)4-2-8-26-20/h1-12H,(H,27,28). The number of aromatic nitrogens is 1. The molecule has 1 heterocycles. The number of carbonyl (C=O) groups is 1. The molecule has 28 heavy (non-hydrogen) atoms. The summed E-state index contributed by atoms with van der Waals surface area (Å²) in [5, 5.41) is 4.44. The molecular weight excluding hydrogens is 398 g/mol. The monoisotopic (exact) mass is 410 g/mol. The van der Waals surface area contributed by atoms with E-state index in [2.05, 4.69) is 10.3 Å². The summed E-state index contributed by atoms with van der Waals surface area (Å²) in [7, 11) is 0. The third-order valence-electron chi connectivity index (χ3n) is 4.29. The van der Waals surface area contributed by atoms with Crippen molar-refractivity contribution in [2.75, 3.05) is 5.32 Å². The number of rotatable bonds is 3. The van der Waals surface area contributed by atoms with Gasteiger partial charge in [0.1, 0.15) is 5.82 Å². The maximum atomic E-state index is 13.9. The molecule has 0 radical (unpaired) electrons. The summed E-state index contributed by atoms with van der Waals surface area (Å²) < 4.78 is 13.9. The van der Waals surface area contributed by atoms with E-state index in [1.807, 2.05) is 12.1 Å². The van der Waals surface area contributed by atoms with Gasteiger partial charge in [-0.25, -0.2) is 4.39 Å². The first kappa shape index (κ1) is 18.4. The molecule has 3 nitrogen and oxygen atoms in total. The van der Waals surface area contributed by atoms with Crippen molar-refractivity contribution in [2.24, 2.45) is 0 Å². The minimum atomic E-state index is -0.432. The fourth-order valence-electron chi connectivity index (χ4n) is 3.06. The number of fused-ring (bicyclic) bond motifs is 1. The van der Waals surface area contributed by atoms with Crippen molar-refractivity contribution in [2.45, 2.75) is 0 Å². The van der Waals surface area contributed by atoms with Gasteiger partial charge in [0.15, 0.2) is 0 Å². The van der Waals surface area contributed by atoms with Crippen LogP contribution >= 0.6 is 23.2 Å². The maximum absolute atomic E-state index is 13.9. The van der Waals surface area contributed by atoms with E-state index in [1.165, 1.54) is 18.2 Å². The SMILES string of the molecule is O=C(Nc1ccc(F)cc1-c1cc(Cl)cc(Cl)c1)c1cccc2ncccc12. The average molecular weight is 411 g/mol. The van der Waals surface area contributed by atoms with Gasteiger partial charge in [0.25, 0.3) is 5.91 Å². The van der Waals surface area contributed by atoms with Gasteiger partial charge in [0.2, 0.25) is 0 Å². The van der Waals surface area contributed by atoms with Crippen LogP contribution in [-0.2, 0) is 0 Å². The first-order valence-electron chi connectivity index (χ1n) is 8.42. The van der Waals surface area contributed by atoms with Crippen LogP contribution in [0.2, 0.25) is 10.0 Å². The molecule has 1 aromatic heterocycles. The number of halogens is 3. The Balaban J connectivity index is 1.77. The lowest BCUT2D eigenvalue weighted by atomic mass is 10.0. The fourth-order valence-corrected chi connectivity index (χ4v) is 3.59. The number of nitrogens with one attached hydrogen (secondary N) is 1. The average Bonchev–Trinajstić information content (AvgIpc) is 2.68. The zero-order valence-corrected chi connectivity index (χ0v) is 15.9. The minimum absolute atomic E-state index is 0.320. The molecule has 0 aliphatic rings. The van der Waals surface area contributed by atoms with Crippen molar-refractivity contribution in [1.29, 1.82) is 0 Å². The van der Waals surface area contributed by atoms with Crippen LogP contribution in [0.5, 0.6) is 0 Å². The number of anilines is 1. The number of amides is 1. The second-order valence-corrected chi connectivity index (χ2v) is 7.05. The van der Waals surface area contributed by atoms with E-state index in [0.717, 1.165) is 10.9 Å². The zero-order chi connectivity index (χ0) is 19.7. The largest absolute Gasteiger partial charge is 0.321 e. The molecule has 0 aliphatic carbocycles. The first-order chi connectivity index (χ1) is 13.5. The van der Waals surface area contributed by atoms with Crippen LogP contribution in [0.4, 0.5) is 10.1 Å². The highest BCUT2D eigenvalue weighted by Gasteiger charge is 2.15. The smallest absolute Gasteiger partial charge is 0.256 e.